The van der Waals surface area contributed by atoms with Crippen LogP contribution >= 0.6 is 0 Å². The minimum absolute atomic E-state index is 0.378. The predicted molar refractivity (Wildman–Crippen MR) is 97.2 cm³/mol. The second-order valence-corrected chi connectivity index (χ2v) is 6.52. The number of benzene rings is 2. The molecule has 1 heterocycles. The van der Waals surface area contributed by atoms with Crippen molar-refractivity contribution in [3.63, 3.8) is 0 Å². The summed E-state index contributed by atoms with van der Waals surface area (Å²) >= 11 is 0. The molecule has 0 N–H and O–H groups in total. The first-order valence-corrected chi connectivity index (χ1v) is 8.46. The van der Waals surface area contributed by atoms with E-state index in [1.54, 1.807) is 0 Å². The molecule has 118 valence electrons. The van der Waals surface area contributed by atoms with Gasteiger partial charge in [0.05, 0.1) is 11.7 Å². The van der Waals surface area contributed by atoms with E-state index in [4.69, 9.17) is 0 Å². The molecular formula is C22H25N. The highest BCUT2D eigenvalue weighted by Crippen LogP contribution is 2.36. The molecule has 0 spiro atoms. The molecule has 2 aromatic rings. The molecule has 2 aromatic carbocycles. The van der Waals surface area contributed by atoms with Crippen LogP contribution in [0.15, 0.2) is 72.6 Å². The van der Waals surface area contributed by atoms with Crippen molar-refractivity contribution in [2.24, 2.45) is 5.92 Å². The average Bonchev–Trinajstić information content (AvgIpc) is 2.97. The second-order valence-electron chi connectivity index (χ2n) is 6.52. The van der Waals surface area contributed by atoms with E-state index in [0.717, 1.165) is 13.0 Å². The van der Waals surface area contributed by atoms with Gasteiger partial charge in [0.1, 0.15) is 0 Å². The molecule has 3 rings (SSSR count). The zero-order chi connectivity index (χ0) is 16.2. The van der Waals surface area contributed by atoms with Crippen molar-refractivity contribution in [3.8, 4) is 0 Å². The molecule has 1 fully saturated rings. The Labute approximate surface area is 140 Å². The minimum Gasteiger partial charge on any atom is -0.362 e. The fraction of sp³-hybridized carbons (Fsp3) is 0.318. The van der Waals surface area contributed by atoms with Gasteiger partial charge in [0.25, 0.3) is 0 Å². The van der Waals surface area contributed by atoms with Gasteiger partial charge in [-0.3, -0.25) is 0 Å². The van der Waals surface area contributed by atoms with Crippen molar-refractivity contribution in [1.82, 2.24) is 4.90 Å². The van der Waals surface area contributed by atoms with E-state index in [2.05, 4.69) is 85.7 Å². The molecule has 1 aliphatic heterocycles. The van der Waals surface area contributed by atoms with Gasteiger partial charge in [-0.25, -0.2) is 0 Å². The molecule has 23 heavy (non-hydrogen) atoms. The Morgan fingerprint density at radius 1 is 1.17 bits per heavy atom. The van der Waals surface area contributed by atoms with Crippen LogP contribution in [0.3, 0.4) is 0 Å². The van der Waals surface area contributed by atoms with Gasteiger partial charge in [-0.05, 0) is 37.8 Å². The third-order valence-corrected chi connectivity index (χ3v) is 4.91. The van der Waals surface area contributed by atoms with Crippen molar-refractivity contribution in [2.45, 2.75) is 32.7 Å². The van der Waals surface area contributed by atoms with Crippen molar-refractivity contribution in [2.75, 3.05) is 6.54 Å². The van der Waals surface area contributed by atoms with Crippen LogP contribution in [-0.2, 0) is 6.42 Å². The van der Waals surface area contributed by atoms with Gasteiger partial charge in [-0.2, -0.15) is 0 Å². The summed E-state index contributed by atoms with van der Waals surface area (Å²) < 4.78 is 0. The Balaban J connectivity index is 1.77. The van der Waals surface area contributed by atoms with Gasteiger partial charge in [-0.15, -0.1) is 5.73 Å². The average molecular weight is 303 g/mol. The zero-order valence-electron chi connectivity index (χ0n) is 14.1. The molecule has 1 aliphatic rings. The van der Waals surface area contributed by atoms with Gasteiger partial charge in [0, 0.05) is 12.5 Å². The van der Waals surface area contributed by atoms with Crippen LogP contribution in [0, 0.1) is 12.8 Å². The highest BCUT2D eigenvalue weighted by molar-refractivity contribution is 5.26. The molecule has 1 heteroatoms. The summed E-state index contributed by atoms with van der Waals surface area (Å²) in [5.74, 6) is 0.528. The second kappa shape index (κ2) is 6.89. The molecule has 0 aromatic heterocycles. The molecule has 0 amide bonds. The van der Waals surface area contributed by atoms with E-state index in [0.29, 0.717) is 12.0 Å². The molecule has 1 nitrogen and oxygen atoms in total. The molecule has 2 atom stereocenters. The van der Waals surface area contributed by atoms with Crippen molar-refractivity contribution >= 4 is 0 Å². The highest BCUT2D eigenvalue weighted by Gasteiger charge is 2.31. The molecule has 0 bridgehead atoms. The topological polar surface area (TPSA) is 3.24 Å². The number of rotatable bonds is 4. The molecule has 1 saturated heterocycles. The molecular weight excluding hydrogens is 278 g/mol. The van der Waals surface area contributed by atoms with Gasteiger partial charge in [0.2, 0.25) is 0 Å². The SMILES string of the molecule is C=C=C1[C@@H](Cc2cccc(C)c2)CCN1[C@@H](C)c1ccccc1. The van der Waals surface area contributed by atoms with Crippen LogP contribution in [0.1, 0.15) is 36.1 Å². The Bertz CT molecular complexity index is 710. The minimum atomic E-state index is 0.378. The molecule has 0 radical (unpaired) electrons. The van der Waals surface area contributed by atoms with Crippen molar-refractivity contribution < 1.29 is 0 Å². The van der Waals surface area contributed by atoms with E-state index in [1.807, 2.05) is 0 Å². The van der Waals surface area contributed by atoms with E-state index in [1.165, 1.54) is 28.8 Å². The molecule has 0 aliphatic carbocycles. The summed E-state index contributed by atoms with van der Waals surface area (Å²) in [6.07, 6.45) is 2.26. The summed E-state index contributed by atoms with van der Waals surface area (Å²) in [5, 5.41) is 0. The van der Waals surface area contributed by atoms with E-state index < -0.39 is 0 Å². The van der Waals surface area contributed by atoms with Gasteiger partial charge in [0.15, 0.2) is 0 Å². The first kappa shape index (κ1) is 15.6. The lowest BCUT2D eigenvalue weighted by atomic mass is 9.95. The fourth-order valence-electron chi connectivity index (χ4n) is 3.67. The van der Waals surface area contributed by atoms with Crippen molar-refractivity contribution in [1.29, 1.82) is 0 Å². The highest BCUT2D eigenvalue weighted by atomic mass is 15.2. The van der Waals surface area contributed by atoms with Crippen LogP contribution in [0.5, 0.6) is 0 Å². The first-order valence-electron chi connectivity index (χ1n) is 8.46. The predicted octanol–water partition coefficient (Wildman–Crippen LogP) is 5.29. The first-order chi connectivity index (χ1) is 11.2. The number of allylic oxidation sites excluding steroid dienone is 1. The fourth-order valence-corrected chi connectivity index (χ4v) is 3.67. The van der Waals surface area contributed by atoms with E-state index in [9.17, 15) is 0 Å². The summed E-state index contributed by atoms with van der Waals surface area (Å²) in [5.41, 5.74) is 8.63. The summed E-state index contributed by atoms with van der Waals surface area (Å²) in [6, 6.07) is 19.9. The normalized spacial score (nSPS) is 18.8. The van der Waals surface area contributed by atoms with E-state index in [-0.39, 0.29) is 0 Å². The third-order valence-electron chi connectivity index (χ3n) is 4.91. The lowest BCUT2D eigenvalue weighted by Crippen LogP contribution is -2.22. The Morgan fingerprint density at radius 3 is 2.65 bits per heavy atom. The Hall–Kier alpha value is -2.24. The zero-order valence-corrected chi connectivity index (χ0v) is 14.1. The van der Waals surface area contributed by atoms with Crippen LogP contribution in [-0.4, -0.2) is 11.4 Å². The lowest BCUT2D eigenvalue weighted by Gasteiger charge is -2.28. The van der Waals surface area contributed by atoms with Crippen LogP contribution in [0.2, 0.25) is 0 Å². The number of hydrogen-bond acceptors (Lipinski definition) is 1. The van der Waals surface area contributed by atoms with Crippen molar-refractivity contribution in [3.05, 3.63) is 89.3 Å². The monoisotopic (exact) mass is 303 g/mol. The van der Waals surface area contributed by atoms with Gasteiger partial charge < -0.3 is 4.90 Å². The quantitative estimate of drug-likeness (QED) is 0.694. The number of nitrogens with zero attached hydrogens (tertiary/aromatic N) is 1. The van der Waals surface area contributed by atoms with E-state index >= 15 is 0 Å². The Morgan fingerprint density at radius 2 is 1.96 bits per heavy atom. The smallest absolute Gasteiger partial charge is 0.0598 e. The summed E-state index contributed by atoms with van der Waals surface area (Å²) in [6.45, 7) is 9.50. The Kier molecular flexibility index (Phi) is 4.69. The number of likely N-dealkylation sites (tertiary alicyclic amines) is 1. The third kappa shape index (κ3) is 3.41. The molecule has 0 unspecified atom stereocenters. The summed E-state index contributed by atoms with van der Waals surface area (Å²) in [4.78, 5) is 2.47. The number of aryl methyl sites for hydroxylation is 1. The standard InChI is InChI=1S/C22H25N/c1-4-22-21(16-19-10-8-9-17(2)15-19)13-14-23(22)18(3)20-11-6-5-7-12-20/h5-12,15,18,21H,1,13-14,16H2,2-3H3/t18-,21+/m0/s1. The maximum atomic E-state index is 3.97. The van der Waals surface area contributed by atoms with Crippen LogP contribution < -0.4 is 0 Å². The van der Waals surface area contributed by atoms with Gasteiger partial charge in [-0.1, -0.05) is 66.7 Å². The maximum Gasteiger partial charge on any atom is 0.0598 e. The lowest BCUT2D eigenvalue weighted by molar-refractivity contribution is 0.307. The van der Waals surface area contributed by atoms with Crippen LogP contribution in [0.4, 0.5) is 0 Å². The summed E-state index contributed by atoms with van der Waals surface area (Å²) in [7, 11) is 0. The maximum absolute atomic E-state index is 3.97. The van der Waals surface area contributed by atoms with Gasteiger partial charge >= 0.3 is 0 Å². The number of hydrogen-bond donors (Lipinski definition) is 0. The largest absolute Gasteiger partial charge is 0.362 e. The molecule has 0 saturated carbocycles. The van der Waals surface area contributed by atoms with Crippen LogP contribution in [0.25, 0.3) is 0 Å².